The maximum Gasteiger partial charge on any atom is 0.142 e. The second kappa shape index (κ2) is 8.13. The van der Waals surface area contributed by atoms with Gasteiger partial charge in [-0.25, -0.2) is 0 Å². The number of nitrogens with one attached hydrogen (secondary N) is 1. The number of rotatable bonds is 7. The van der Waals surface area contributed by atoms with E-state index in [1.165, 1.54) is 0 Å². The summed E-state index contributed by atoms with van der Waals surface area (Å²) >= 11 is 0. The highest BCUT2D eigenvalue weighted by molar-refractivity contribution is 5.60. The standard InChI is InChI=1S/C17H27NO3/c1-4-20-15-10-11-17(21-5-2)16(12-15)18-13-6-8-14(19-3)9-7-13/h10-14,18H,4-9H2,1-3H3. The summed E-state index contributed by atoms with van der Waals surface area (Å²) in [5, 5.41) is 3.62. The third-order valence-electron chi connectivity index (χ3n) is 3.93. The highest BCUT2D eigenvalue weighted by atomic mass is 16.5. The molecule has 1 aromatic carbocycles. The summed E-state index contributed by atoms with van der Waals surface area (Å²) in [4.78, 5) is 0. The summed E-state index contributed by atoms with van der Waals surface area (Å²) in [6.07, 6.45) is 4.91. The van der Waals surface area contributed by atoms with Crippen LogP contribution in [0.2, 0.25) is 0 Å². The van der Waals surface area contributed by atoms with E-state index >= 15 is 0 Å². The van der Waals surface area contributed by atoms with Crippen molar-refractivity contribution in [2.75, 3.05) is 25.6 Å². The summed E-state index contributed by atoms with van der Waals surface area (Å²) in [7, 11) is 1.80. The Kier molecular flexibility index (Phi) is 6.18. The molecule has 0 saturated heterocycles. The number of benzene rings is 1. The Labute approximate surface area is 127 Å². The Morgan fingerprint density at radius 2 is 1.76 bits per heavy atom. The molecule has 0 amide bonds. The molecule has 2 rings (SSSR count). The molecule has 1 fully saturated rings. The third kappa shape index (κ3) is 4.53. The molecule has 0 heterocycles. The second-order valence-corrected chi connectivity index (χ2v) is 5.38. The number of ether oxygens (including phenoxy) is 3. The van der Waals surface area contributed by atoms with E-state index in [4.69, 9.17) is 14.2 Å². The second-order valence-electron chi connectivity index (χ2n) is 5.38. The van der Waals surface area contributed by atoms with Gasteiger partial charge < -0.3 is 19.5 Å². The van der Waals surface area contributed by atoms with Crippen LogP contribution >= 0.6 is 0 Å². The van der Waals surface area contributed by atoms with E-state index in [0.717, 1.165) is 42.9 Å². The fourth-order valence-electron chi connectivity index (χ4n) is 2.82. The van der Waals surface area contributed by atoms with Crippen molar-refractivity contribution in [2.45, 2.75) is 51.7 Å². The molecule has 1 N–H and O–H groups in total. The van der Waals surface area contributed by atoms with E-state index in [2.05, 4.69) is 5.32 Å². The Hall–Kier alpha value is -1.42. The lowest BCUT2D eigenvalue weighted by Gasteiger charge is -2.29. The van der Waals surface area contributed by atoms with Gasteiger partial charge >= 0.3 is 0 Å². The molecule has 118 valence electrons. The Morgan fingerprint density at radius 1 is 1.05 bits per heavy atom. The zero-order chi connectivity index (χ0) is 15.1. The van der Waals surface area contributed by atoms with Crippen LogP contribution in [-0.2, 0) is 4.74 Å². The average molecular weight is 293 g/mol. The van der Waals surface area contributed by atoms with Crippen LogP contribution in [0.25, 0.3) is 0 Å². The molecular weight excluding hydrogens is 266 g/mol. The lowest BCUT2D eigenvalue weighted by atomic mass is 9.93. The van der Waals surface area contributed by atoms with E-state index < -0.39 is 0 Å². The molecule has 1 saturated carbocycles. The van der Waals surface area contributed by atoms with Crippen molar-refractivity contribution < 1.29 is 14.2 Å². The van der Waals surface area contributed by atoms with E-state index in [9.17, 15) is 0 Å². The van der Waals surface area contributed by atoms with Crippen molar-refractivity contribution in [3.05, 3.63) is 18.2 Å². The number of anilines is 1. The van der Waals surface area contributed by atoms with Gasteiger partial charge in [-0.05, 0) is 51.7 Å². The van der Waals surface area contributed by atoms with E-state index in [-0.39, 0.29) is 0 Å². The number of hydrogen-bond acceptors (Lipinski definition) is 4. The summed E-state index contributed by atoms with van der Waals surface area (Å²) in [5.74, 6) is 1.78. The molecule has 1 aliphatic rings. The van der Waals surface area contributed by atoms with Crippen molar-refractivity contribution in [3.8, 4) is 11.5 Å². The summed E-state index contributed by atoms with van der Waals surface area (Å²) in [5.41, 5.74) is 1.03. The van der Waals surface area contributed by atoms with Gasteiger partial charge in [0, 0.05) is 19.2 Å². The summed E-state index contributed by atoms with van der Waals surface area (Å²) in [6.45, 7) is 5.34. The van der Waals surface area contributed by atoms with Gasteiger partial charge in [0.1, 0.15) is 11.5 Å². The lowest BCUT2D eigenvalue weighted by Crippen LogP contribution is -2.29. The molecule has 4 nitrogen and oxygen atoms in total. The fourth-order valence-corrected chi connectivity index (χ4v) is 2.82. The molecule has 0 bridgehead atoms. The zero-order valence-corrected chi connectivity index (χ0v) is 13.4. The van der Waals surface area contributed by atoms with Gasteiger partial charge in [0.2, 0.25) is 0 Å². The van der Waals surface area contributed by atoms with Gasteiger partial charge in [-0.1, -0.05) is 0 Å². The highest BCUT2D eigenvalue weighted by Gasteiger charge is 2.21. The quantitative estimate of drug-likeness (QED) is 0.829. The topological polar surface area (TPSA) is 39.7 Å². The molecule has 0 radical (unpaired) electrons. The molecule has 1 aliphatic carbocycles. The largest absolute Gasteiger partial charge is 0.494 e. The number of hydrogen-bond donors (Lipinski definition) is 1. The molecular formula is C17H27NO3. The first-order valence-corrected chi connectivity index (χ1v) is 7.95. The van der Waals surface area contributed by atoms with Crippen molar-refractivity contribution in [1.29, 1.82) is 0 Å². The van der Waals surface area contributed by atoms with Crippen LogP contribution in [-0.4, -0.2) is 32.5 Å². The predicted molar refractivity (Wildman–Crippen MR) is 85.5 cm³/mol. The van der Waals surface area contributed by atoms with Crippen LogP contribution in [0, 0.1) is 0 Å². The van der Waals surface area contributed by atoms with Gasteiger partial charge in [-0.3, -0.25) is 0 Å². The Morgan fingerprint density at radius 3 is 2.38 bits per heavy atom. The Bertz CT molecular complexity index is 428. The zero-order valence-electron chi connectivity index (χ0n) is 13.4. The molecule has 0 unspecified atom stereocenters. The molecule has 21 heavy (non-hydrogen) atoms. The van der Waals surface area contributed by atoms with Crippen LogP contribution in [0.5, 0.6) is 11.5 Å². The lowest BCUT2D eigenvalue weighted by molar-refractivity contribution is 0.0681. The third-order valence-corrected chi connectivity index (χ3v) is 3.93. The van der Waals surface area contributed by atoms with Gasteiger partial charge in [0.15, 0.2) is 0 Å². The van der Waals surface area contributed by atoms with Crippen molar-refractivity contribution in [2.24, 2.45) is 0 Å². The van der Waals surface area contributed by atoms with Crippen LogP contribution in [0.1, 0.15) is 39.5 Å². The minimum absolute atomic E-state index is 0.421. The van der Waals surface area contributed by atoms with Crippen LogP contribution in [0.4, 0.5) is 5.69 Å². The Balaban J connectivity index is 2.04. The maximum absolute atomic E-state index is 5.71. The normalized spacial score (nSPS) is 21.9. The van der Waals surface area contributed by atoms with Crippen molar-refractivity contribution in [3.63, 3.8) is 0 Å². The first-order chi connectivity index (χ1) is 10.3. The minimum atomic E-state index is 0.421. The first-order valence-electron chi connectivity index (χ1n) is 7.95. The molecule has 0 aliphatic heterocycles. The SMILES string of the molecule is CCOc1ccc(OCC)c(NC2CCC(OC)CC2)c1. The molecule has 0 aromatic heterocycles. The highest BCUT2D eigenvalue weighted by Crippen LogP contribution is 2.32. The first kappa shape index (κ1) is 16.0. The smallest absolute Gasteiger partial charge is 0.142 e. The van der Waals surface area contributed by atoms with Crippen molar-refractivity contribution in [1.82, 2.24) is 0 Å². The van der Waals surface area contributed by atoms with Gasteiger partial charge in [-0.15, -0.1) is 0 Å². The molecule has 0 spiro atoms. The average Bonchev–Trinajstić information content (AvgIpc) is 2.51. The van der Waals surface area contributed by atoms with E-state index in [1.54, 1.807) is 7.11 Å². The number of methoxy groups -OCH3 is 1. The summed E-state index contributed by atoms with van der Waals surface area (Å²) in [6, 6.07) is 6.46. The summed E-state index contributed by atoms with van der Waals surface area (Å²) < 4.78 is 16.7. The van der Waals surface area contributed by atoms with Gasteiger partial charge in [0.05, 0.1) is 25.0 Å². The van der Waals surface area contributed by atoms with Crippen LogP contribution < -0.4 is 14.8 Å². The van der Waals surface area contributed by atoms with E-state index in [0.29, 0.717) is 25.4 Å². The fraction of sp³-hybridized carbons (Fsp3) is 0.647. The maximum atomic E-state index is 5.71. The van der Waals surface area contributed by atoms with Crippen LogP contribution in [0.3, 0.4) is 0 Å². The minimum Gasteiger partial charge on any atom is -0.494 e. The molecule has 0 atom stereocenters. The van der Waals surface area contributed by atoms with Gasteiger partial charge in [-0.2, -0.15) is 0 Å². The molecule has 1 aromatic rings. The van der Waals surface area contributed by atoms with Crippen molar-refractivity contribution >= 4 is 5.69 Å². The van der Waals surface area contributed by atoms with Gasteiger partial charge in [0.25, 0.3) is 0 Å². The van der Waals surface area contributed by atoms with E-state index in [1.807, 2.05) is 32.0 Å². The predicted octanol–water partition coefficient (Wildman–Crippen LogP) is 3.85. The molecule has 4 heteroatoms. The monoisotopic (exact) mass is 293 g/mol. The van der Waals surface area contributed by atoms with Crippen LogP contribution in [0.15, 0.2) is 18.2 Å².